The van der Waals surface area contributed by atoms with Crippen LogP contribution in [-0.2, 0) is 13.2 Å². The van der Waals surface area contributed by atoms with E-state index in [1.807, 2.05) is 30.5 Å². The zero-order chi connectivity index (χ0) is 20.8. The Morgan fingerprint density at radius 3 is 2.30 bits per heavy atom. The molecule has 2 aromatic heterocycles. The first kappa shape index (κ1) is 20.4. The molecule has 0 radical (unpaired) electrons. The molecule has 1 N–H and O–H groups in total. The summed E-state index contributed by atoms with van der Waals surface area (Å²) in [5, 5.41) is 3.74. The minimum absolute atomic E-state index is 0.495. The molecule has 0 amide bonds. The van der Waals surface area contributed by atoms with E-state index in [2.05, 4.69) is 58.3 Å². The maximum absolute atomic E-state index is 6.06. The summed E-state index contributed by atoms with van der Waals surface area (Å²) in [6.45, 7) is 7.72. The van der Waals surface area contributed by atoms with E-state index in [1.165, 1.54) is 16.7 Å². The third-order valence-corrected chi connectivity index (χ3v) is 5.67. The lowest BCUT2D eigenvalue weighted by atomic mass is 10.0. The van der Waals surface area contributed by atoms with Gasteiger partial charge in [-0.15, -0.1) is 0 Å². The molecule has 3 heterocycles. The summed E-state index contributed by atoms with van der Waals surface area (Å²) in [7, 11) is 0. The standard InChI is InChI=1S/C25H30N4O/c1-19-15-21(16-20(2)25(19)30-18-23-7-3-5-11-26-23)17-28-22-9-13-29(14-10-22)24-8-4-6-12-27-24/h3-8,11-12,15-16,22,28H,9-10,13-14,17-18H2,1-2H3. The number of piperidine rings is 1. The molecule has 4 rings (SSSR count). The van der Waals surface area contributed by atoms with Gasteiger partial charge in [0.2, 0.25) is 0 Å². The molecule has 0 bridgehead atoms. The normalized spacial score (nSPS) is 14.7. The number of rotatable bonds is 7. The first-order valence-electron chi connectivity index (χ1n) is 10.7. The largest absolute Gasteiger partial charge is 0.487 e. The quantitative estimate of drug-likeness (QED) is 0.634. The second kappa shape index (κ2) is 9.72. The third-order valence-electron chi connectivity index (χ3n) is 5.67. The smallest absolute Gasteiger partial charge is 0.130 e. The van der Waals surface area contributed by atoms with Crippen molar-refractivity contribution in [3.8, 4) is 5.75 Å². The number of hydrogen-bond acceptors (Lipinski definition) is 5. The Morgan fingerprint density at radius 1 is 0.967 bits per heavy atom. The lowest BCUT2D eigenvalue weighted by Gasteiger charge is -2.33. The number of nitrogens with one attached hydrogen (secondary N) is 1. The van der Waals surface area contributed by atoms with Gasteiger partial charge in [0.15, 0.2) is 0 Å². The van der Waals surface area contributed by atoms with Crippen LogP contribution in [0, 0.1) is 13.8 Å². The lowest BCUT2D eigenvalue weighted by molar-refractivity contribution is 0.297. The molecule has 0 atom stereocenters. The fourth-order valence-electron chi connectivity index (χ4n) is 4.12. The second-order valence-electron chi connectivity index (χ2n) is 8.00. The maximum Gasteiger partial charge on any atom is 0.130 e. The number of benzene rings is 1. The van der Waals surface area contributed by atoms with Crippen molar-refractivity contribution in [2.24, 2.45) is 0 Å². The van der Waals surface area contributed by atoms with Gasteiger partial charge >= 0.3 is 0 Å². The van der Waals surface area contributed by atoms with Crippen LogP contribution in [0.25, 0.3) is 0 Å². The SMILES string of the molecule is Cc1cc(CNC2CCN(c3ccccn3)CC2)cc(C)c1OCc1ccccn1. The molecular formula is C25H30N4O. The van der Waals surface area contributed by atoms with E-state index >= 15 is 0 Å². The van der Waals surface area contributed by atoms with Crippen LogP contribution in [0.1, 0.15) is 35.2 Å². The summed E-state index contributed by atoms with van der Waals surface area (Å²) < 4.78 is 6.06. The predicted molar refractivity (Wildman–Crippen MR) is 121 cm³/mol. The Balaban J connectivity index is 1.29. The van der Waals surface area contributed by atoms with Gasteiger partial charge in [0, 0.05) is 38.1 Å². The van der Waals surface area contributed by atoms with E-state index in [-0.39, 0.29) is 0 Å². The highest BCUT2D eigenvalue weighted by molar-refractivity contribution is 5.43. The van der Waals surface area contributed by atoms with Crippen LogP contribution in [0.15, 0.2) is 60.9 Å². The van der Waals surface area contributed by atoms with Crippen molar-refractivity contribution in [2.45, 2.75) is 45.9 Å². The number of anilines is 1. The maximum atomic E-state index is 6.06. The summed E-state index contributed by atoms with van der Waals surface area (Å²) in [5.74, 6) is 2.05. The molecule has 1 saturated heterocycles. The number of aryl methyl sites for hydroxylation is 2. The minimum atomic E-state index is 0.495. The molecule has 5 heteroatoms. The molecule has 0 spiro atoms. The van der Waals surface area contributed by atoms with Crippen LogP contribution in [0.3, 0.4) is 0 Å². The lowest BCUT2D eigenvalue weighted by Crippen LogP contribution is -2.42. The van der Waals surface area contributed by atoms with E-state index < -0.39 is 0 Å². The number of nitrogens with zero attached hydrogens (tertiary/aromatic N) is 3. The molecule has 1 aliphatic heterocycles. The first-order valence-corrected chi connectivity index (χ1v) is 10.7. The number of aromatic nitrogens is 2. The molecule has 30 heavy (non-hydrogen) atoms. The van der Waals surface area contributed by atoms with Gasteiger partial charge in [-0.1, -0.05) is 24.3 Å². The Bertz CT molecular complexity index is 915. The molecule has 0 unspecified atom stereocenters. The molecular weight excluding hydrogens is 372 g/mol. The van der Waals surface area contributed by atoms with E-state index in [4.69, 9.17) is 4.74 Å². The number of ether oxygens (including phenoxy) is 1. The van der Waals surface area contributed by atoms with E-state index in [9.17, 15) is 0 Å². The second-order valence-corrected chi connectivity index (χ2v) is 8.00. The van der Waals surface area contributed by atoms with Gasteiger partial charge < -0.3 is 15.0 Å². The van der Waals surface area contributed by atoms with Crippen LogP contribution in [0.4, 0.5) is 5.82 Å². The average molecular weight is 403 g/mol. The Kier molecular flexibility index (Phi) is 6.60. The third kappa shape index (κ3) is 5.16. The molecule has 0 aliphatic carbocycles. The van der Waals surface area contributed by atoms with Gasteiger partial charge in [0.05, 0.1) is 5.69 Å². The highest BCUT2D eigenvalue weighted by Gasteiger charge is 2.19. The van der Waals surface area contributed by atoms with Crippen molar-refractivity contribution < 1.29 is 4.74 Å². The molecule has 3 aromatic rings. The van der Waals surface area contributed by atoms with Gasteiger partial charge in [-0.05, 0) is 67.6 Å². The first-order chi connectivity index (χ1) is 14.7. The van der Waals surface area contributed by atoms with Gasteiger partial charge in [-0.25, -0.2) is 4.98 Å². The van der Waals surface area contributed by atoms with Crippen LogP contribution in [0.5, 0.6) is 5.75 Å². The number of hydrogen-bond donors (Lipinski definition) is 1. The van der Waals surface area contributed by atoms with E-state index in [0.717, 1.165) is 49.7 Å². The summed E-state index contributed by atoms with van der Waals surface area (Å²) in [5.41, 5.74) is 4.60. The zero-order valence-electron chi connectivity index (χ0n) is 17.8. The fraction of sp³-hybridized carbons (Fsp3) is 0.360. The van der Waals surface area contributed by atoms with Crippen LogP contribution < -0.4 is 15.0 Å². The molecule has 0 saturated carbocycles. The van der Waals surface area contributed by atoms with Crippen molar-refractivity contribution >= 4 is 5.82 Å². The van der Waals surface area contributed by atoms with Crippen molar-refractivity contribution in [3.05, 3.63) is 83.3 Å². The zero-order valence-corrected chi connectivity index (χ0v) is 17.8. The topological polar surface area (TPSA) is 50.3 Å². The Labute approximate surface area is 179 Å². The van der Waals surface area contributed by atoms with Crippen molar-refractivity contribution in [1.29, 1.82) is 0 Å². The molecule has 1 aliphatic rings. The summed E-state index contributed by atoms with van der Waals surface area (Å²) in [4.78, 5) is 11.2. The van der Waals surface area contributed by atoms with Crippen molar-refractivity contribution in [2.75, 3.05) is 18.0 Å². The van der Waals surface area contributed by atoms with Crippen molar-refractivity contribution in [3.63, 3.8) is 0 Å². The molecule has 5 nitrogen and oxygen atoms in total. The summed E-state index contributed by atoms with van der Waals surface area (Å²) >= 11 is 0. The molecule has 156 valence electrons. The van der Waals surface area contributed by atoms with Crippen LogP contribution in [-0.4, -0.2) is 29.1 Å². The summed E-state index contributed by atoms with van der Waals surface area (Å²) in [6.07, 6.45) is 5.95. The van der Waals surface area contributed by atoms with Crippen molar-refractivity contribution in [1.82, 2.24) is 15.3 Å². The van der Waals surface area contributed by atoms with E-state index in [0.29, 0.717) is 12.6 Å². The highest BCUT2D eigenvalue weighted by atomic mass is 16.5. The van der Waals surface area contributed by atoms with Crippen LogP contribution in [0.2, 0.25) is 0 Å². The monoisotopic (exact) mass is 402 g/mol. The molecule has 1 fully saturated rings. The van der Waals surface area contributed by atoms with E-state index in [1.54, 1.807) is 6.20 Å². The van der Waals surface area contributed by atoms with Gasteiger partial charge in [-0.2, -0.15) is 0 Å². The molecule has 1 aromatic carbocycles. The Hall–Kier alpha value is -2.92. The minimum Gasteiger partial charge on any atom is -0.487 e. The average Bonchev–Trinajstić information content (AvgIpc) is 2.79. The van der Waals surface area contributed by atoms with Gasteiger partial charge in [0.1, 0.15) is 18.2 Å². The van der Waals surface area contributed by atoms with Gasteiger partial charge in [0.25, 0.3) is 0 Å². The van der Waals surface area contributed by atoms with Gasteiger partial charge in [-0.3, -0.25) is 4.98 Å². The fourth-order valence-corrected chi connectivity index (χ4v) is 4.12. The number of pyridine rings is 2. The predicted octanol–water partition coefficient (Wildman–Crippen LogP) is 4.43. The van der Waals surface area contributed by atoms with Crippen LogP contribution >= 0.6 is 0 Å². The summed E-state index contributed by atoms with van der Waals surface area (Å²) in [6, 6.07) is 17.0. The highest BCUT2D eigenvalue weighted by Crippen LogP contribution is 2.26. The Morgan fingerprint density at radius 2 is 1.67 bits per heavy atom.